The SMILES string of the molecule is Cc1cccc2nc(-c3ccnn3C)cn12. The van der Waals surface area contributed by atoms with E-state index in [1.165, 1.54) is 5.69 Å². The van der Waals surface area contributed by atoms with Crippen molar-refractivity contribution in [2.75, 3.05) is 0 Å². The molecule has 3 rings (SSSR count). The predicted octanol–water partition coefficient (Wildman–Crippen LogP) is 2.04. The molecule has 16 heavy (non-hydrogen) atoms. The Morgan fingerprint density at radius 2 is 2.06 bits per heavy atom. The summed E-state index contributed by atoms with van der Waals surface area (Å²) < 4.78 is 3.92. The van der Waals surface area contributed by atoms with Crippen molar-refractivity contribution in [3.05, 3.63) is 42.4 Å². The fourth-order valence-corrected chi connectivity index (χ4v) is 1.90. The number of rotatable bonds is 1. The van der Waals surface area contributed by atoms with Gasteiger partial charge in [-0.3, -0.25) is 4.68 Å². The number of imidazole rings is 1. The van der Waals surface area contributed by atoms with Crippen molar-refractivity contribution in [2.24, 2.45) is 7.05 Å². The number of pyridine rings is 1. The third-order valence-corrected chi connectivity index (χ3v) is 2.78. The maximum Gasteiger partial charge on any atom is 0.137 e. The summed E-state index contributed by atoms with van der Waals surface area (Å²) in [5, 5.41) is 4.15. The van der Waals surface area contributed by atoms with Crippen molar-refractivity contribution in [1.29, 1.82) is 0 Å². The fourth-order valence-electron chi connectivity index (χ4n) is 1.90. The summed E-state index contributed by atoms with van der Waals surface area (Å²) in [6, 6.07) is 8.07. The number of nitrogens with zero attached hydrogens (tertiary/aromatic N) is 4. The number of fused-ring (bicyclic) bond motifs is 1. The van der Waals surface area contributed by atoms with Crippen LogP contribution in [0.25, 0.3) is 17.0 Å². The zero-order valence-corrected chi connectivity index (χ0v) is 9.25. The second-order valence-corrected chi connectivity index (χ2v) is 3.86. The van der Waals surface area contributed by atoms with Crippen LogP contribution in [0.4, 0.5) is 0 Å². The topological polar surface area (TPSA) is 35.1 Å². The first-order chi connectivity index (χ1) is 7.75. The molecule has 0 aliphatic heterocycles. The lowest BCUT2D eigenvalue weighted by atomic mass is 10.3. The molecule has 3 heterocycles. The van der Waals surface area contributed by atoms with Crippen LogP contribution in [0.5, 0.6) is 0 Å². The molecule has 0 aliphatic rings. The second kappa shape index (κ2) is 3.20. The minimum atomic E-state index is 0.953. The zero-order chi connectivity index (χ0) is 11.1. The van der Waals surface area contributed by atoms with Gasteiger partial charge in [0.2, 0.25) is 0 Å². The van der Waals surface area contributed by atoms with Crippen LogP contribution in [-0.2, 0) is 7.05 Å². The molecule has 0 aromatic carbocycles. The maximum atomic E-state index is 4.58. The molecule has 4 nitrogen and oxygen atoms in total. The Morgan fingerprint density at radius 1 is 1.19 bits per heavy atom. The van der Waals surface area contributed by atoms with Crippen LogP contribution in [0, 0.1) is 6.92 Å². The van der Waals surface area contributed by atoms with Crippen LogP contribution in [0.2, 0.25) is 0 Å². The van der Waals surface area contributed by atoms with Crippen molar-refractivity contribution >= 4 is 5.65 Å². The van der Waals surface area contributed by atoms with Crippen molar-refractivity contribution in [3.8, 4) is 11.4 Å². The standard InChI is InChI=1S/C12H12N4/c1-9-4-3-5-12-14-10(8-16(9)12)11-6-7-13-15(11)2/h3-8H,1-2H3. The van der Waals surface area contributed by atoms with Crippen LogP contribution in [0.3, 0.4) is 0 Å². The molecule has 0 unspecified atom stereocenters. The molecule has 0 fully saturated rings. The van der Waals surface area contributed by atoms with Gasteiger partial charge in [0.25, 0.3) is 0 Å². The molecule has 0 aliphatic carbocycles. The summed E-state index contributed by atoms with van der Waals surface area (Å²) in [5.74, 6) is 0. The minimum Gasteiger partial charge on any atom is -0.304 e. The van der Waals surface area contributed by atoms with Gasteiger partial charge in [-0.15, -0.1) is 0 Å². The molecule has 4 heteroatoms. The van der Waals surface area contributed by atoms with Crippen LogP contribution in [0.15, 0.2) is 36.7 Å². The van der Waals surface area contributed by atoms with E-state index in [4.69, 9.17) is 0 Å². The highest BCUT2D eigenvalue weighted by molar-refractivity contribution is 5.59. The first kappa shape index (κ1) is 9.15. The van der Waals surface area contributed by atoms with Gasteiger partial charge in [-0.1, -0.05) is 6.07 Å². The number of hydrogen-bond donors (Lipinski definition) is 0. The van der Waals surface area contributed by atoms with Gasteiger partial charge >= 0.3 is 0 Å². The Bertz CT molecular complexity index is 648. The molecule has 0 saturated heterocycles. The normalized spacial score (nSPS) is 11.1. The summed E-state index contributed by atoms with van der Waals surface area (Å²) in [7, 11) is 1.92. The van der Waals surface area contributed by atoms with Gasteiger partial charge in [-0.25, -0.2) is 4.98 Å². The summed E-state index contributed by atoms with van der Waals surface area (Å²) in [6.45, 7) is 2.07. The average molecular weight is 212 g/mol. The molecule has 0 spiro atoms. The Kier molecular flexibility index (Phi) is 1.83. The predicted molar refractivity (Wildman–Crippen MR) is 62.1 cm³/mol. The van der Waals surface area contributed by atoms with Gasteiger partial charge in [0.05, 0.1) is 5.69 Å². The van der Waals surface area contributed by atoms with E-state index in [2.05, 4.69) is 27.5 Å². The van der Waals surface area contributed by atoms with E-state index in [9.17, 15) is 0 Å². The van der Waals surface area contributed by atoms with Crippen LogP contribution >= 0.6 is 0 Å². The van der Waals surface area contributed by atoms with Gasteiger partial charge in [-0.05, 0) is 25.1 Å². The first-order valence-corrected chi connectivity index (χ1v) is 5.19. The molecule has 0 N–H and O–H groups in total. The van der Waals surface area contributed by atoms with Gasteiger partial charge in [-0.2, -0.15) is 5.10 Å². The molecule has 0 saturated carbocycles. The van der Waals surface area contributed by atoms with E-state index in [1.807, 2.05) is 36.1 Å². The Morgan fingerprint density at radius 3 is 2.75 bits per heavy atom. The molecular formula is C12H12N4. The van der Waals surface area contributed by atoms with E-state index in [0.717, 1.165) is 17.0 Å². The average Bonchev–Trinajstić information content (AvgIpc) is 2.84. The Hall–Kier alpha value is -2.10. The van der Waals surface area contributed by atoms with E-state index in [-0.39, 0.29) is 0 Å². The van der Waals surface area contributed by atoms with Crippen molar-refractivity contribution < 1.29 is 0 Å². The molecule has 80 valence electrons. The largest absolute Gasteiger partial charge is 0.304 e. The molecule has 3 aromatic heterocycles. The lowest BCUT2D eigenvalue weighted by molar-refractivity contribution is 0.774. The highest BCUT2D eigenvalue weighted by atomic mass is 15.3. The van der Waals surface area contributed by atoms with Gasteiger partial charge < -0.3 is 4.40 Å². The summed E-state index contributed by atoms with van der Waals surface area (Å²) in [6.07, 6.45) is 3.83. The lowest BCUT2D eigenvalue weighted by Crippen LogP contribution is -1.92. The van der Waals surface area contributed by atoms with E-state index < -0.39 is 0 Å². The third-order valence-electron chi connectivity index (χ3n) is 2.78. The van der Waals surface area contributed by atoms with Gasteiger partial charge in [0, 0.05) is 25.1 Å². The monoisotopic (exact) mass is 212 g/mol. The highest BCUT2D eigenvalue weighted by Gasteiger charge is 2.07. The number of hydrogen-bond acceptors (Lipinski definition) is 2. The molecular weight excluding hydrogens is 200 g/mol. The van der Waals surface area contributed by atoms with Crippen LogP contribution < -0.4 is 0 Å². The highest BCUT2D eigenvalue weighted by Crippen LogP contribution is 2.18. The lowest BCUT2D eigenvalue weighted by Gasteiger charge is -1.96. The molecule has 0 bridgehead atoms. The smallest absolute Gasteiger partial charge is 0.137 e. The minimum absolute atomic E-state index is 0.953. The van der Waals surface area contributed by atoms with Crippen molar-refractivity contribution in [3.63, 3.8) is 0 Å². The van der Waals surface area contributed by atoms with Crippen molar-refractivity contribution in [1.82, 2.24) is 19.2 Å². The van der Waals surface area contributed by atoms with E-state index >= 15 is 0 Å². The molecule has 0 radical (unpaired) electrons. The summed E-state index contributed by atoms with van der Waals surface area (Å²) >= 11 is 0. The molecule has 0 amide bonds. The van der Waals surface area contributed by atoms with Gasteiger partial charge in [0.15, 0.2) is 0 Å². The quantitative estimate of drug-likeness (QED) is 0.618. The number of aromatic nitrogens is 4. The Labute approximate surface area is 93.2 Å². The van der Waals surface area contributed by atoms with E-state index in [1.54, 1.807) is 6.20 Å². The maximum absolute atomic E-state index is 4.58. The first-order valence-electron chi connectivity index (χ1n) is 5.19. The van der Waals surface area contributed by atoms with E-state index in [0.29, 0.717) is 0 Å². The third kappa shape index (κ3) is 1.23. The summed E-state index contributed by atoms with van der Waals surface area (Å²) in [4.78, 5) is 4.58. The molecule has 3 aromatic rings. The van der Waals surface area contributed by atoms with Crippen molar-refractivity contribution in [2.45, 2.75) is 6.92 Å². The zero-order valence-electron chi connectivity index (χ0n) is 9.25. The second-order valence-electron chi connectivity index (χ2n) is 3.86. The Balaban J connectivity index is 2.27. The fraction of sp³-hybridized carbons (Fsp3) is 0.167. The summed E-state index contributed by atoms with van der Waals surface area (Å²) in [5.41, 5.74) is 4.13. The van der Waals surface area contributed by atoms with Crippen LogP contribution in [0.1, 0.15) is 5.69 Å². The molecule has 0 atom stereocenters. The van der Waals surface area contributed by atoms with Gasteiger partial charge in [0.1, 0.15) is 11.3 Å². The van der Waals surface area contributed by atoms with Crippen LogP contribution in [-0.4, -0.2) is 19.2 Å². The number of aryl methyl sites for hydroxylation is 2.